The summed E-state index contributed by atoms with van der Waals surface area (Å²) in [5, 5.41) is 6.79. The van der Waals surface area contributed by atoms with Crippen LogP contribution in [0.25, 0.3) is 0 Å². The first-order valence-electron chi connectivity index (χ1n) is 10.3. The Morgan fingerprint density at radius 1 is 1.13 bits per heavy atom. The van der Waals surface area contributed by atoms with Crippen LogP contribution in [0.3, 0.4) is 0 Å². The molecule has 2 N–H and O–H groups in total. The lowest BCUT2D eigenvalue weighted by Crippen LogP contribution is -2.46. The van der Waals surface area contributed by atoms with E-state index in [1.165, 1.54) is 12.1 Å². The maximum absolute atomic E-state index is 13.4. The van der Waals surface area contributed by atoms with Gasteiger partial charge in [0.1, 0.15) is 11.6 Å². The quantitative estimate of drug-likeness (QED) is 0.514. The van der Waals surface area contributed by atoms with Crippen LogP contribution >= 0.6 is 0 Å². The van der Waals surface area contributed by atoms with E-state index >= 15 is 0 Å². The van der Waals surface area contributed by atoms with Crippen molar-refractivity contribution in [2.24, 2.45) is 4.99 Å². The molecule has 1 atom stereocenters. The molecular formula is C23H31FN4O2. The normalized spacial score (nSPS) is 16.2. The topological polar surface area (TPSA) is 58.1 Å². The molecule has 6 nitrogen and oxygen atoms in total. The molecule has 2 aromatic rings. The van der Waals surface area contributed by atoms with Gasteiger partial charge in [0, 0.05) is 33.2 Å². The van der Waals surface area contributed by atoms with Gasteiger partial charge in [0.2, 0.25) is 0 Å². The monoisotopic (exact) mass is 414 g/mol. The zero-order chi connectivity index (χ0) is 21.2. The number of guanidine groups is 1. The van der Waals surface area contributed by atoms with E-state index in [2.05, 4.69) is 26.6 Å². The number of nitrogens with one attached hydrogen (secondary N) is 2. The number of hydrogen-bond acceptors (Lipinski definition) is 4. The van der Waals surface area contributed by atoms with Crippen LogP contribution in [0.15, 0.2) is 53.5 Å². The Morgan fingerprint density at radius 3 is 2.57 bits per heavy atom. The first-order chi connectivity index (χ1) is 14.7. The summed E-state index contributed by atoms with van der Waals surface area (Å²) in [6.07, 6.45) is 0.829. The van der Waals surface area contributed by atoms with E-state index in [9.17, 15) is 4.39 Å². The number of ether oxygens (including phenoxy) is 2. The molecule has 0 radical (unpaired) electrons. The first kappa shape index (κ1) is 22.1. The summed E-state index contributed by atoms with van der Waals surface area (Å²) < 4.78 is 24.3. The van der Waals surface area contributed by atoms with Gasteiger partial charge in [0.25, 0.3) is 0 Å². The number of halogens is 1. The van der Waals surface area contributed by atoms with Crippen molar-refractivity contribution in [1.29, 1.82) is 0 Å². The number of methoxy groups -OCH3 is 1. The first-order valence-corrected chi connectivity index (χ1v) is 10.3. The third-order valence-electron chi connectivity index (χ3n) is 5.31. The Kier molecular flexibility index (Phi) is 8.47. The summed E-state index contributed by atoms with van der Waals surface area (Å²) in [6, 6.07) is 14.9. The summed E-state index contributed by atoms with van der Waals surface area (Å²) in [6.45, 7) is 4.53. The van der Waals surface area contributed by atoms with Gasteiger partial charge < -0.3 is 20.1 Å². The van der Waals surface area contributed by atoms with Crippen LogP contribution in [0.4, 0.5) is 4.39 Å². The van der Waals surface area contributed by atoms with Gasteiger partial charge in [-0.05, 0) is 35.7 Å². The van der Waals surface area contributed by atoms with Crippen molar-refractivity contribution in [3.63, 3.8) is 0 Å². The Hall–Kier alpha value is -2.64. The molecule has 1 saturated heterocycles. The minimum atomic E-state index is -0.221. The molecule has 162 valence electrons. The lowest BCUT2D eigenvalue weighted by molar-refractivity contribution is 0.0170. The van der Waals surface area contributed by atoms with Gasteiger partial charge >= 0.3 is 0 Å². The minimum absolute atomic E-state index is 0.113. The van der Waals surface area contributed by atoms with Gasteiger partial charge in [-0.2, -0.15) is 0 Å². The Balaban J connectivity index is 1.58. The van der Waals surface area contributed by atoms with Gasteiger partial charge in [-0.15, -0.1) is 0 Å². The molecule has 1 unspecified atom stereocenters. The van der Waals surface area contributed by atoms with Crippen LogP contribution in [0.2, 0.25) is 0 Å². The van der Waals surface area contributed by atoms with E-state index in [0.29, 0.717) is 19.8 Å². The molecule has 3 rings (SSSR count). The third kappa shape index (κ3) is 6.18. The van der Waals surface area contributed by atoms with E-state index < -0.39 is 0 Å². The Bertz CT molecular complexity index is 807. The van der Waals surface area contributed by atoms with Crippen LogP contribution in [-0.2, 0) is 11.2 Å². The fourth-order valence-electron chi connectivity index (χ4n) is 3.67. The number of para-hydroxylation sites is 1. The van der Waals surface area contributed by atoms with Crippen LogP contribution in [0, 0.1) is 5.82 Å². The van der Waals surface area contributed by atoms with Crippen molar-refractivity contribution >= 4 is 5.96 Å². The average Bonchev–Trinajstić information content (AvgIpc) is 2.80. The zero-order valence-electron chi connectivity index (χ0n) is 17.7. The molecule has 1 aliphatic rings. The second-order valence-electron chi connectivity index (χ2n) is 7.16. The smallest absolute Gasteiger partial charge is 0.191 e. The van der Waals surface area contributed by atoms with E-state index in [0.717, 1.165) is 48.9 Å². The van der Waals surface area contributed by atoms with Crippen molar-refractivity contribution in [1.82, 2.24) is 15.5 Å². The SMILES string of the molecule is CN=C(NCCc1ccccc1OC)NCC(c1ccc(F)cc1)N1CCOCC1. The maximum Gasteiger partial charge on any atom is 0.191 e. The predicted octanol–water partition coefficient (Wildman–Crippen LogP) is 2.62. The molecular weight excluding hydrogens is 383 g/mol. The largest absolute Gasteiger partial charge is 0.496 e. The minimum Gasteiger partial charge on any atom is -0.496 e. The summed E-state index contributed by atoms with van der Waals surface area (Å²) in [5.41, 5.74) is 2.23. The molecule has 30 heavy (non-hydrogen) atoms. The second kappa shape index (κ2) is 11.5. The number of rotatable bonds is 8. The van der Waals surface area contributed by atoms with Crippen molar-refractivity contribution < 1.29 is 13.9 Å². The Labute approximate surface area is 178 Å². The van der Waals surface area contributed by atoms with Crippen molar-refractivity contribution in [2.75, 3.05) is 53.6 Å². The molecule has 0 amide bonds. The summed E-state index contributed by atoms with van der Waals surface area (Å²) in [7, 11) is 3.45. The van der Waals surface area contributed by atoms with Crippen LogP contribution < -0.4 is 15.4 Å². The Morgan fingerprint density at radius 2 is 1.87 bits per heavy atom. The van der Waals surface area contributed by atoms with E-state index in [-0.39, 0.29) is 11.9 Å². The lowest BCUT2D eigenvalue weighted by Gasteiger charge is -2.35. The fourth-order valence-corrected chi connectivity index (χ4v) is 3.67. The highest BCUT2D eigenvalue weighted by Crippen LogP contribution is 2.22. The highest BCUT2D eigenvalue weighted by molar-refractivity contribution is 5.79. The van der Waals surface area contributed by atoms with Crippen LogP contribution in [-0.4, -0.2) is 64.4 Å². The average molecular weight is 415 g/mol. The van der Waals surface area contributed by atoms with Crippen LogP contribution in [0.5, 0.6) is 5.75 Å². The molecule has 0 saturated carbocycles. The van der Waals surface area contributed by atoms with Gasteiger partial charge in [-0.3, -0.25) is 9.89 Å². The molecule has 0 aromatic heterocycles. The van der Waals surface area contributed by atoms with Crippen LogP contribution in [0.1, 0.15) is 17.2 Å². The number of hydrogen-bond donors (Lipinski definition) is 2. The molecule has 0 spiro atoms. The van der Waals surface area contributed by atoms with Gasteiger partial charge in [-0.25, -0.2) is 4.39 Å². The number of nitrogens with zero attached hydrogens (tertiary/aromatic N) is 2. The predicted molar refractivity (Wildman–Crippen MR) is 118 cm³/mol. The lowest BCUT2D eigenvalue weighted by atomic mass is 10.0. The number of benzene rings is 2. The third-order valence-corrected chi connectivity index (χ3v) is 5.31. The molecule has 2 aromatic carbocycles. The molecule has 7 heteroatoms. The molecule has 1 heterocycles. The molecule has 1 fully saturated rings. The fraction of sp³-hybridized carbons (Fsp3) is 0.435. The summed E-state index contributed by atoms with van der Waals surface area (Å²) >= 11 is 0. The maximum atomic E-state index is 13.4. The van der Waals surface area contributed by atoms with Gasteiger partial charge in [-0.1, -0.05) is 30.3 Å². The highest BCUT2D eigenvalue weighted by atomic mass is 19.1. The van der Waals surface area contributed by atoms with Crippen molar-refractivity contribution in [3.8, 4) is 5.75 Å². The van der Waals surface area contributed by atoms with Gasteiger partial charge in [0.15, 0.2) is 5.96 Å². The summed E-state index contributed by atoms with van der Waals surface area (Å²) in [4.78, 5) is 6.71. The van der Waals surface area contributed by atoms with Gasteiger partial charge in [0.05, 0.1) is 26.4 Å². The van der Waals surface area contributed by atoms with Crippen molar-refractivity contribution in [3.05, 3.63) is 65.5 Å². The standard InChI is InChI=1S/C23H31FN4O2/c1-25-23(26-12-11-19-5-3-4-6-22(19)29-2)27-17-21(28-13-15-30-16-14-28)18-7-9-20(24)10-8-18/h3-10,21H,11-17H2,1-2H3,(H2,25,26,27). The highest BCUT2D eigenvalue weighted by Gasteiger charge is 2.23. The van der Waals surface area contributed by atoms with Crippen molar-refractivity contribution in [2.45, 2.75) is 12.5 Å². The molecule has 0 bridgehead atoms. The summed E-state index contributed by atoms with van der Waals surface area (Å²) in [5.74, 6) is 1.41. The number of aliphatic imine (C=N–C) groups is 1. The molecule has 0 aliphatic carbocycles. The van der Waals surface area contributed by atoms with E-state index in [4.69, 9.17) is 9.47 Å². The second-order valence-corrected chi connectivity index (χ2v) is 7.16. The molecule has 1 aliphatic heterocycles. The van der Waals surface area contributed by atoms with E-state index in [1.807, 2.05) is 30.3 Å². The van der Waals surface area contributed by atoms with E-state index in [1.54, 1.807) is 14.2 Å². The zero-order valence-corrected chi connectivity index (χ0v) is 17.7. The number of morpholine rings is 1.